The summed E-state index contributed by atoms with van der Waals surface area (Å²) in [4.78, 5) is 16.4. The minimum Gasteiger partial charge on any atom is -0.483 e. The van der Waals surface area contributed by atoms with E-state index in [1.54, 1.807) is 0 Å². The van der Waals surface area contributed by atoms with E-state index in [1.807, 2.05) is 6.79 Å². The maximum absolute atomic E-state index is 8.36. The van der Waals surface area contributed by atoms with Crippen molar-refractivity contribution in [3.8, 4) is 0 Å². The number of rotatable bonds is 10. The Morgan fingerprint density at radius 2 is 1.00 bits per heavy atom. The molecule has 0 saturated carbocycles. The quantitative estimate of drug-likeness (QED) is 0.225. The van der Waals surface area contributed by atoms with Gasteiger partial charge in [0.2, 0.25) is 0 Å². The fourth-order valence-electron chi connectivity index (χ4n) is 2.77. The van der Waals surface area contributed by atoms with Crippen molar-refractivity contribution < 1.29 is 31.8 Å². The van der Waals surface area contributed by atoms with Crippen LogP contribution in [0.5, 0.6) is 0 Å². The molecule has 0 radical (unpaired) electrons. The molecule has 0 aromatic carbocycles. The summed E-state index contributed by atoms with van der Waals surface area (Å²) in [5.41, 5.74) is 3.50. The Balaban J connectivity index is -0.000000329. The van der Waals surface area contributed by atoms with Crippen LogP contribution in [0.2, 0.25) is 0 Å². The molecule has 0 spiro atoms. The molecular weight excluding hydrogens is 396 g/mol. The molecule has 0 amide bonds. The molecule has 0 fully saturated rings. The number of carbonyl (C=O) groups excluding carboxylic acids is 1. The minimum absolute atomic E-state index is 0. The van der Waals surface area contributed by atoms with Gasteiger partial charge in [-0.1, -0.05) is 55.4 Å². The fraction of sp³-hybridized carbons (Fsp3) is 0.889. The van der Waals surface area contributed by atoms with Gasteiger partial charge >= 0.3 is 0 Å². The summed E-state index contributed by atoms with van der Waals surface area (Å²) >= 11 is 0. The summed E-state index contributed by atoms with van der Waals surface area (Å²) in [7, 11) is 0.415. The van der Waals surface area contributed by atoms with Crippen molar-refractivity contribution in [1.29, 1.82) is 0 Å². The van der Waals surface area contributed by atoms with Gasteiger partial charge in [0.1, 0.15) is 6.79 Å². The fourth-order valence-corrected chi connectivity index (χ4v) is 8.05. The van der Waals surface area contributed by atoms with Crippen molar-refractivity contribution in [2.45, 2.75) is 78.0 Å². The summed E-state index contributed by atoms with van der Waals surface area (Å²) in [6, 6.07) is 0. The summed E-state index contributed by atoms with van der Waals surface area (Å²) in [5.74, 6) is 0. The van der Waals surface area contributed by atoms with Crippen LogP contribution < -0.4 is 5.32 Å². The van der Waals surface area contributed by atoms with Crippen LogP contribution in [0.25, 0.3) is 0 Å². The molecule has 0 atom stereocenters. The second-order valence-electron chi connectivity index (χ2n) is 6.71. The Bertz CT molecular complexity index is 243. The number of nitrogens with one attached hydrogen (secondary N) is 1. The van der Waals surface area contributed by atoms with E-state index in [0.717, 1.165) is 22.6 Å². The zero-order chi connectivity index (χ0) is 19.7. The van der Waals surface area contributed by atoms with Crippen molar-refractivity contribution in [2.75, 3.05) is 25.4 Å². The zero-order valence-electron chi connectivity index (χ0n) is 17.4. The van der Waals surface area contributed by atoms with Crippen LogP contribution >= 0.6 is 15.8 Å². The number of hydrogen-bond acceptors (Lipinski definition) is 3. The molecule has 0 aliphatic carbocycles. The topological polar surface area (TPSA) is 66.4 Å². The first-order valence-corrected chi connectivity index (χ1v) is 12.1. The Morgan fingerprint density at radius 1 is 0.800 bits per heavy atom. The first kappa shape index (κ1) is 33.1. The van der Waals surface area contributed by atoms with E-state index < -0.39 is 0 Å². The van der Waals surface area contributed by atoms with E-state index in [2.05, 4.69) is 60.7 Å². The molecule has 0 aromatic heterocycles. The molecule has 0 aliphatic heterocycles. The monoisotopic (exact) mass is 437 g/mol. The van der Waals surface area contributed by atoms with Crippen LogP contribution in [0.4, 0.5) is 0 Å². The SMILES string of the molecule is C=O.CC(C)P(CCNCCP(C(C)C)C(C)C)C(C)C.O=CO.[Fe]. The number of hydrogen-bond donors (Lipinski definition) is 2. The molecule has 25 heavy (non-hydrogen) atoms. The first-order chi connectivity index (χ1) is 11.2. The van der Waals surface area contributed by atoms with Crippen molar-refractivity contribution in [1.82, 2.24) is 5.32 Å². The standard InChI is InChI=1S/C16H37NP2.CH2O2.CH2O.Fe/c1-13(2)18(14(3)4)11-9-17-10-12-19(15(5)6)16(7)8;2-1-3;1-2;/h13-17H,9-12H2,1-8H3;1H,(H,2,3);1H2;. The van der Waals surface area contributed by atoms with Gasteiger partial charge in [-0.15, -0.1) is 15.8 Å². The van der Waals surface area contributed by atoms with Crippen molar-refractivity contribution in [3.63, 3.8) is 0 Å². The van der Waals surface area contributed by atoms with Gasteiger partial charge in [0.25, 0.3) is 6.47 Å². The molecule has 0 heterocycles. The van der Waals surface area contributed by atoms with Gasteiger partial charge in [-0.05, 0) is 48.0 Å². The van der Waals surface area contributed by atoms with Crippen LogP contribution in [0.3, 0.4) is 0 Å². The normalized spacial score (nSPS) is 10.5. The summed E-state index contributed by atoms with van der Waals surface area (Å²) < 4.78 is 0. The average Bonchev–Trinajstić information content (AvgIpc) is 2.47. The van der Waals surface area contributed by atoms with Crippen LogP contribution in [0.1, 0.15) is 55.4 Å². The van der Waals surface area contributed by atoms with E-state index in [0.29, 0.717) is 0 Å². The predicted octanol–water partition coefficient (Wildman–Crippen LogP) is 4.69. The van der Waals surface area contributed by atoms with Gasteiger partial charge in [0.15, 0.2) is 0 Å². The first-order valence-electron chi connectivity index (χ1n) is 8.77. The van der Waals surface area contributed by atoms with Crippen molar-refractivity contribution >= 4 is 29.1 Å². The Kier molecular flexibility index (Phi) is 29.8. The van der Waals surface area contributed by atoms with Gasteiger partial charge < -0.3 is 15.2 Å². The van der Waals surface area contributed by atoms with E-state index in [4.69, 9.17) is 14.7 Å². The second-order valence-corrected chi connectivity index (χ2v) is 13.8. The zero-order valence-corrected chi connectivity index (χ0v) is 20.3. The maximum atomic E-state index is 8.36. The maximum Gasteiger partial charge on any atom is 0.290 e. The molecule has 0 bridgehead atoms. The molecule has 0 aliphatic rings. The Labute approximate surface area is 169 Å². The third-order valence-corrected chi connectivity index (χ3v) is 10.5. The number of carbonyl (C=O) groups is 2. The van der Waals surface area contributed by atoms with E-state index in [9.17, 15) is 0 Å². The Morgan fingerprint density at radius 3 is 1.16 bits per heavy atom. The van der Waals surface area contributed by atoms with Gasteiger partial charge in [0, 0.05) is 17.1 Å². The van der Waals surface area contributed by atoms with Gasteiger partial charge in [-0.25, -0.2) is 0 Å². The molecule has 0 aromatic rings. The Hall–Kier alpha value is 0.479. The molecule has 0 unspecified atom stereocenters. The van der Waals surface area contributed by atoms with Crippen LogP contribution in [-0.4, -0.2) is 66.4 Å². The summed E-state index contributed by atoms with van der Waals surface area (Å²) in [5, 5.41) is 10.6. The number of carboxylic acid groups (broad SMARTS) is 1. The molecule has 7 heteroatoms. The molecule has 4 nitrogen and oxygen atoms in total. The van der Waals surface area contributed by atoms with E-state index >= 15 is 0 Å². The van der Waals surface area contributed by atoms with Crippen molar-refractivity contribution in [3.05, 3.63) is 0 Å². The van der Waals surface area contributed by atoms with Gasteiger partial charge in [-0.2, -0.15) is 0 Å². The van der Waals surface area contributed by atoms with E-state index in [-0.39, 0.29) is 39.4 Å². The van der Waals surface area contributed by atoms with Gasteiger partial charge in [0.05, 0.1) is 0 Å². The summed E-state index contributed by atoms with van der Waals surface area (Å²) in [6.07, 6.45) is 2.79. The smallest absolute Gasteiger partial charge is 0.290 e. The molecule has 2 N–H and O–H groups in total. The minimum atomic E-state index is -0.250. The molecular formula is C18H41FeNO3P2. The van der Waals surface area contributed by atoms with Crippen molar-refractivity contribution in [2.24, 2.45) is 0 Å². The van der Waals surface area contributed by atoms with Crippen LogP contribution in [-0.2, 0) is 26.7 Å². The molecule has 154 valence electrons. The predicted molar refractivity (Wildman–Crippen MR) is 113 cm³/mol. The average molecular weight is 437 g/mol. The van der Waals surface area contributed by atoms with Gasteiger partial charge in [-0.3, -0.25) is 4.79 Å². The third kappa shape index (κ3) is 20.6. The van der Waals surface area contributed by atoms with Crippen LogP contribution in [0.15, 0.2) is 0 Å². The third-order valence-electron chi connectivity index (χ3n) is 3.75. The van der Waals surface area contributed by atoms with Crippen LogP contribution in [0, 0.1) is 0 Å². The molecule has 0 rings (SSSR count). The van der Waals surface area contributed by atoms with E-state index in [1.165, 1.54) is 25.4 Å². The largest absolute Gasteiger partial charge is 0.483 e. The summed E-state index contributed by atoms with van der Waals surface area (Å²) in [6.45, 7) is 23.3. The second kappa shape index (κ2) is 22.5. The molecule has 0 saturated heterocycles.